The first kappa shape index (κ1) is 14.9. The van der Waals surface area contributed by atoms with Gasteiger partial charge in [0, 0.05) is 12.6 Å². The van der Waals surface area contributed by atoms with Crippen LogP contribution in [0, 0.1) is 0 Å². The Morgan fingerprint density at radius 1 is 1.24 bits per heavy atom. The summed E-state index contributed by atoms with van der Waals surface area (Å²) in [4.78, 5) is 11.1. The largest absolute Gasteiger partial charge is 0.493 e. The van der Waals surface area contributed by atoms with Gasteiger partial charge < -0.3 is 14.6 Å². The second kappa shape index (κ2) is 5.87. The lowest BCUT2D eigenvalue weighted by atomic mass is 10.0. The molecule has 0 spiro atoms. The number of aryl methyl sites for hydroxylation is 2. The van der Waals surface area contributed by atoms with Gasteiger partial charge in [0.15, 0.2) is 17.2 Å². The van der Waals surface area contributed by atoms with Gasteiger partial charge >= 0.3 is 5.97 Å². The van der Waals surface area contributed by atoms with E-state index in [4.69, 9.17) is 14.6 Å². The monoisotopic (exact) mass is 290 g/mol. The number of carboxylic acid groups (broad SMARTS) is 1. The van der Waals surface area contributed by atoms with Crippen molar-refractivity contribution in [3.63, 3.8) is 0 Å². The van der Waals surface area contributed by atoms with E-state index in [1.54, 1.807) is 32.0 Å². The minimum atomic E-state index is -1.05. The van der Waals surface area contributed by atoms with Gasteiger partial charge in [-0.2, -0.15) is 5.10 Å². The number of hydrogen-bond donors (Lipinski definition) is 1. The Kier molecular flexibility index (Phi) is 4.16. The molecule has 1 N–H and O–H groups in total. The Bertz CT molecular complexity index is 677. The topological polar surface area (TPSA) is 73.6 Å². The van der Waals surface area contributed by atoms with Gasteiger partial charge in [-0.05, 0) is 30.2 Å². The van der Waals surface area contributed by atoms with Gasteiger partial charge in [0.1, 0.15) is 0 Å². The molecule has 0 bridgehead atoms. The highest BCUT2D eigenvalue weighted by Gasteiger charge is 2.17. The van der Waals surface area contributed by atoms with Crippen molar-refractivity contribution in [1.82, 2.24) is 9.78 Å². The number of nitrogens with zero attached hydrogens (tertiary/aromatic N) is 2. The Balaban J connectivity index is 2.64. The maximum Gasteiger partial charge on any atom is 0.356 e. The summed E-state index contributed by atoms with van der Waals surface area (Å²) in [6.07, 6.45) is 0.781. The summed E-state index contributed by atoms with van der Waals surface area (Å²) in [5.74, 6) is 0.205. The van der Waals surface area contributed by atoms with Crippen LogP contribution < -0.4 is 9.47 Å². The molecule has 0 saturated heterocycles. The summed E-state index contributed by atoms with van der Waals surface area (Å²) in [5.41, 5.74) is 2.67. The second-order valence-electron chi connectivity index (χ2n) is 4.56. The minimum absolute atomic E-state index is 0.0179. The summed E-state index contributed by atoms with van der Waals surface area (Å²) in [5, 5.41) is 13.1. The molecular weight excluding hydrogens is 272 g/mol. The first-order valence-corrected chi connectivity index (χ1v) is 6.54. The third kappa shape index (κ3) is 2.69. The first-order chi connectivity index (χ1) is 10.0. The van der Waals surface area contributed by atoms with Gasteiger partial charge in [0.2, 0.25) is 0 Å². The van der Waals surface area contributed by atoms with Crippen LogP contribution in [0.3, 0.4) is 0 Å². The molecule has 2 rings (SSSR count). The number of methoxy groups -OCH3 is 2. The molecule has 112 valence electrons. The van der Waals surface area contributed by atoms with E-state index >= 15 is 0 Å². The summed E-state index contributed by atoms with van der Waals surface area (Å²) in [6, 6.07) is 5.31. The van der Waals surface area contributed by atoms with Crippen molar-refractivity contribution in [2.45, 2.75) is 13.3 Å². The lowest BCUT2D eigenvalue weighted by Gasteiger charge is -2.14. The Morgan fingerprint density at radius 3 is 2.33 bits per heavy atom. The van der Waals surface area contributed by atoms with Gasteiger partial charge in [-0.15, -0.1) is 0 Å². The minimum Gasteiger partial charge on any atom is -0.493 e. The highest BCUT2D eigenvalue weighted by Crippen LogP contribution is 2.36. The van der Waals surface area contributed by atoms with Gasteiger partial charge in [-0.1, -0.05) is 6.92 Å². The van der Waals surface area contributed by atoms with Gasteiger partial charge in [-0.3, -0.25) is 4.68 Å². The molecule has 0 saturated carbocycles. The predicted octanol–water partition coefficient (Wildman–Crippen LogP) is 2.36. The van der Waals surface area contributed by atoms with E-state index in [-0.39, 0.29) is 5.69 Å². The van der Waals surface area contributed by atoms with Crippen molar-refractivity contribution in [3.05, 3.63) is 29.5 Å². The molecule has 1 aromatic carbocycles. The van der Waals surface area contributed by atoms with E-state index in [1.807, 2.05) is 19.1 Å². The Labute approximate surface area is 122 Å². The molecule has 2 aromatic rings. The van der Waals surface area contributed by atoms with Crippen LogP contribution in [0.2, 0.25) is 0 Å². The third-order valence-corrected chi connectivity index (χ3v) is 3.37. The van der Waals surface area contributed by atoms with Crippen molar-refractivity contribution in [2.24, 2.45) is 7.05 Å². The summed E-state index contributed by atoms with van der Waals surface area (Å²) in [7, 11) is 4.88. The molecular formula is C15H18N2O4. The fourth-order valence-corrected chi connectivity index (χ4v) is 2.28. The van der Waals surface area contributed by atoms with E-state index in [0.717, 1.165) is 23.2 Å². The number of aromatic nitrogens is 2. The Morgan fingerprint density at radius 2 is 1.86 bits per heavy atom. The third-order valence-electron chi connectivity index (χ3n) is 3.37. The zero-order valence-corrected chi connectivity index (χ0v) is 12.5. The first-order valence-electron chi connectivity index (χ1n) is 6.54. The number of aromatic carboxylic acids is 1. The Hall–Kier alpha value is -2.50. The fourth-order valence-electron chi connectivity index (χ4n) is 2.28. The molecule has 6 nitrogen and oxygen atoms in total. The van der Waals surface area contributed by atoms with Crippen LogP contribution in [0.15, 0.2) is 18.2 Å². The van der Waals surface area contributed by atoms with E-state index in [2.05, 4.69) is 5.10 Å². The average Bonchev–Trinajstić information content (AvgIpc) is 2.87. The van der Waals surface area contributed by atoms with E-state index < -0.39 is 5.97 Å². The van der Waals surface area contributed by atoms with Crippen molar-refractivity contribution < 1.29 is 19.4 Å². The molecule has 0 atom stereocenters. The van der Waals surface area contributed by atoms with E-state index in [0.29, 0.717) is 11.5 Å². The second-order valence-corrected chi connectivity index (χ2v) is 4.56. The van der Waals surface area contributed by atoms with Crippen molar-refractivity contribution in [3.8, 4) is 22.8 Å². The molecule has 0 radical (unpaired) electrons. The van der Waals surface area contributed by atoms with Crippen molar-refractivity contribution in [1.29, 1.82) is 0 Å². The van der Waals surface area contributed by atoms with E-state index in [9.17, 15) is 4.79 Å². The van der Waals surface area contributed by atoms with Crippen molar-refractivity contribution in [2.75, 3.05) is 14.2 Å². The van der Waals surface area contributed by atoms with Crippen LogP contribution in [0.5, 0.6) is 11.5 Å². The normalized spacial score (nSPS) is 10.5. The van der Waals surface area contributed by atoms with Crippen LogP contribution in [0.25, 0.3) is 11.3 Å². The number of benzene rings is 1. The molecule has 0 aliphatic heterocycles. The highest BCUT2D eigenvalue weighted by molar-refractivity contribution is 5.87. The van der Waals surface area contributed by atoms with Crippen LogP contribution in [0.4, 0.5) is 0 Å². The molecule has 0 fully saturated rings. The quantitative estimate of drug-likeness (QED) is 0.915. The van der Waals surface area contributed by atoms with E-state index in [1.165, 1.54) is 0 Å². The molecule has 21 heavy (non-hydrogen) atoms. The number of rotatable bonds is 5. The summed E-state index contributed by atoms with van der Waals surface area (Å²) >= 11 is 0. The highest BCUT2D eigenvalue weighted by atomic mass is 16.5. The molecule has 0 amide bonds. The number of carbonyl (C=O) groups is 1. The molecule has 0 aliphatic rings. The summed E-state index contributed by atoms with van der Waals surface area (Å²) in [6.45, 7) is 2.03. The SMILES string of the molecule is CCc1cc(OC)c(OC)cc1-c1cc(C(=O)O)nn1C. The van der Waals surface area contributed by atoms with Gasteiger partial charge in [0.05, 0.1) is 19.9 Å². The predicted molar refractivity (Wildman–Crippen MR) is 78.1 cm³/mol. The zero-order chi connectivity index (χ0) is 15.6. The van der Waals surface area contributed by atoms with Crippen molar-refractivity contribution >= 4 is 5.97 Å². The lowest BCUT2D eigenvalue weighted by Crippen LogP contribution is -2.00. The number of hydrogen-bond acceptors (Lipinski definition) is 4. The fraction of sp³-hybridized carbons (Fsp3) is 0.333. The number of ether oxygens (including phenoxy) is 2. The number of carboxylic acids is 1. The smallest absolute Gasteiger partial charge is 0.356 e. The maximum atomic E-state index is 11.1. The molecule has 1 aromatic heterocycles. The molecule has 0 aliphatic carbocycles. The standard InChI is InChI=1S/C15H18N2O4/c1-5-9-6-13(20-3)14(21-4)7-10(9)12-8-11(15(18)19)16-17(12)2/h6-8H,5H2,1-4H3,(H,18,19). The molecule has 6 heteroatoms. The van der Waals surface area contributed by atoms with Gasteiger partial charge in [0.25, 0.3) is 0 Å². The van der Waals surface area contributed by atoms with Crippen LogP contribution >= 0.6 is 0 Å². The average molecular weight is 290 g/mol. The maximum absolute atomic E-state index is 11.1. The van der Waals surface area contributed by atoms with Crippen LogP contribution in [-0.4, -0.2) is 35.1 Å². The van der Waals surface area contributed by atoms with Gasteiger partial charge in [-0.25, -0.2) is 4.79 Å². The molecule has 1 heterocycles. The van der Waals surface area contributed by atoms with Crippen LogP contribution in [0.1, 0.15) is 23.0 Å². The summed E-state index contributed by atoms with van der Waals surface area (Å²) < 4.78 is 12.2. The molecule has 0 unspecified atom stereocenters. The zero-order valence-electron chi connectivity index (χ0n) is 12.5. The van der Waals surface area contributed by atoms with Crippen LogP contribution in [-0.2, 0) is 13.5 Å². The lowest BCUT2D eigenvalue weighted by molar-refractivity contribution is 0.0689.